The first-order valence-corrected chi connectivity index (χ1v) is 13.8. The molecule has 0 saturated heterocycles. The van der Waals surface area contributed by atoms with Crippen LogP contribution in [0.1, 0.15) is 78.3 Å². The number of aromatic nitrogens is 1. The quantitative estimate of drug-likeness (QED) is 0.303. The van der Waals surface area contributed by atoms with Crippen LogP contribution in [0.5, 0.6) is 0 Å². The van der Waals surface area contributed by atoms with Gasteiger partial charge in [-0.3, -0.25) is 14.6 Å². The van der Waals surface area contributed by atoms with Crippen LogP contribution in [0, 0.1) is 0 Å². The average molecular weight is 560 g/mol. The molecule has 1 N–H and O–H groups in total. The Morgan fingerprint density at radius 1 is 0.786 bits per heavy atom. The van der Waals surface area contributed by atoms with Crippen molar-refractivity contribution in [2.75, 3.05) is 6.61 Å². The average Bonchev–Trinajstić information content (AvgIpc) is 3.79. The zero-order valence-corrected chi connectivity index (χ0v) is 22.4. The number of benzene rings is 3. The van der Waals surface area contributed by atoms with E-state index in [1.165, 1.54) is 12.1 Å². The van der Waals surface area contributed by atoms with E-state index >= 15 is 0 Å². The SMILES string of the molecule is O=C(NCc1ccc(C(=O)ON2C(=O)c3ccccc3C2=O)c(C2CC2)n1)OCC1c2ccccc2-c2ccccc21. The van der Waals surface area contributed by atoms with Gasteiger partial charge in [-0.25, -0.2) is 9.59 Å². The van der Waals surface area contributed by atoms with Crippen LogP contribution >= 0.6 is 0 Å². The molecule has 0 bridgehead atoms. The number of nitrogens with zero attached hydrogens (tertiary/aromatic N) is 2. The van der Waals surface area contributed by atoms with E-state index in [-0.39, 0.29) is 41.7 Å². The Labute approximate surface area is 241 Å². The van der Waals surface area contributed by atoms with E-state index in [4.69, 9.17) is 9.57 Å². The highest BCUT2D eigenvalue weighted by Crippen LogP contribution is 2.44. The molecule has 3 aliphatic rings. The van der Waals surface area contributed by atoms with Crippen molar-refractivity contribution in [1.29, 1.82) is 0 Å². The maximum absolute atomic E-state index is 13.1. The third-order valence-electron chi connectivity index (χ3n) is 7.85. The molecule has 2 aliphatic carbocycles. The number of hydrogen-bond acceptors (Lipinski definition) is 7. The lowest BCUT2D eigenvalue weighted by atomic mass is 9.98. The first kappa shape index (κ1) is 25.6. The number of nitrogens with one attached hydrogen (secondary N) is 1. The fourth-order valence-electron chi connectivity index (χ4n) is 5.65. The largest absolute Gasteiger partial charge is 0.449 e. The number of amides is 3. The predicted octanol–water partition coefficient (Wildman–Crippen LogP) is 5.37. The number of carbonyl (C=O) groups is 4. The molecule has 0 radical (unpaired) electrons. The fraction of sp³-hybridized carbons (Fsp3) is 0.182. The van der Waals surface area contributed by atoms with Crippen molar-refractivity contribution in [1.82, 2.24) is 15.4 Å². The van der Waals surface area contributed by atoms with Gasteiger partial charge in [0.1, 0.15) is 6.61 Å². The third-order valence-corrected chi connectivity index (χ3v) is 7.85. The maximum Gasteiger partial charge on any atom is 0.407 e. The number of hydroxylamine groups is 2. The Balaban J connectivity index is 0.999. The number of ether oxygens (including phenoxy) is 1. The molecule has 3 amide bonds. The highest BCUT2D eigenvalue weighted by Gasteiger charge is 2.40. The fourth-order valence-corrected chi connectivity index (χ4v) is 5.65. The smallest absolute Gasteiger partial charge is 0.407 e. The van der Waals surface area contributed by atoms with Crippen LogP contribution in [-0.4, -0.2) is 40.5 Å². The van der Waals surface area contributed by atoms with Crippen molar-refractivity contribution >= 4 is 23.9 Å². The van der Waals surface area contributed by atoms with Gasteiger partial charge >= 0.3 is 12.1 Å². The van der Waals surface area contributed by atoms with Gasteiger partial charge in [0.2, 0.25) is 0 Å². The van der Waals surface area contributed by atoms with Gasteiger partial charge in [0.25, 0.3) is 11.8 Å². The number of rotatable bonds is 7. The van der Waals surface area contributed by atoms with Crippen molar-refractivity contribution in [2.24, 2.45) is 0 Å². The highest BCUT2D eigenvalue weighted by molar-refractivity contribution is 6.21. The molecule has 0 atom stereocenters. The van der Waals surface area contributed by atoms with E-state index in [2.05, 4.69) is 34.6 Å². The number of imide groups is 1. The number of alkyl carbamates (subject to hydrolysis) is 1. The summed E-state index contributed by atoms with van der Waals surface area (Å²) in [6, 6.07) is 25.7. The molecule has 1 fully saturated rings. The molecule has 2 heterocycles. The Morgan fingerprint density at radius 3 is 1.95 bits per heavy atom. The minimum Gasteiger partial charge on any atom is -0.449 e. The Hall–Kier alpha value is -5.31. The number of hydrogen-bond donors (Lipinski definition) is 1. The van der Waals surface area contributed by atoms with Crippen molar-refractivity contribution < 1.29 is 28.8 Å². The number of carbonyl (C=O) groups excluding carboxylic acids is 4. The zero-order chi connectivity index (χ0) is 28.8. The Morgan fingerprint density at radius 2 is 1.36 bits per heavy atom. The first-order valence-electron chi connectivity index (χ1n) is 13.8. The molecule has 1 aliphatic heterocycles. The first-order chi connectivity index (χ1) is 20.5. The molecular formula is C33H25N3O6. The van der Waals surface area contributed by atoms with Crippen molar-refractivity contribution in [3.63, 3.8) is 0 Å². The molecule has 1 saturated carbocycles. The summed E-state index contributed by atoms with van der Waals surface area (Å²) >= 11 is 0. The van der Waals surface area contributed by atoms with Crippen LogP contribution in [0.25, 0.3) is 11.1 Å². The molecule has 7 rings (SSSR count). The number of pyridine rings is 1. The summed E-state index contributed by atoms with van der Waals surface area (Å²) in [4.78, 5) is 60.8. The van der Waals surface area contributed by atoms with Gasteiger partial charge in [-0.1, -0.05) is 65.7 Å². The molecule has 0 spiro atoms. The molecule has 9 nitrogen and oxygen atoms in total. The van der Waals surface area contributed by atoms with Crippen LogP contribution < -0.4 is 5.32 Å². The van der Waals surface area contributed by atoms with E-state index in [0.717, 1.165) is 35.1 Å². The van der Waals surface area contributed by atoms with Crippen LogP contribution in [0.2, 0.25) is 0 Å². The van der Waals surface area contributed by atoms with Gasteiger partial charge < -0.3 is 14.9 Å². The zero-order valence-electron chi connectivity index (χ0n) is 22.4. The monoisotopic (exact) mass is 559 g/mol. The second kappa shape index (κ2) is 10.3. The molecule has 3 aromatic carbocycles. The predicted molar refractivity (Wildman–Crippen MR) is 150 cm³/mol. The van der Waals surface area contributed by atoms with Gasteiger partial charge in [-0.2, -0.15) is 0 Å². The van der Waals surface area contributed by atoms with E-state index < -0.39 is 23.9 Å². The molecule has 0 unspecified atom stereocenters. The minimum absolute atomic E-state index is 0.0461. The normalized spacial score (nSPS) is 15.2. The maximum atomic E-state index is 13.1. The standard InChI is InChI=1S/C33H25N3O6/c37-30-25-11-5-6-12-26(25)31(38)36(30)42-32(39)27-16-15-20(35-29(27)19-13-14-19)17-34-33(40)41-18-28-23-9-3-1-7-21(23)22-8-2-4-10-24(22)28/h1-12,15-16,19,28H,13-14,17-18H2,(H,34,40). The Bertz CT molecular complexity index is 1700. The lowest BCUT2D eigenvalue weighted by Gasteiger charge is -2.16. The summed E-state index contributed by atoms with van der Waals surface area (Å²) in [5.74, 6) is -2.20. The van der Waals surface area contributed by atoms with Gasteiger partial charge in [-0.15, -0.1) is 0 Å². The van der Waals surface area contributed by atoms with E-state index in [1.54, 1.807) is 24.3 Å². The molecular weight excluding hydrogens is 534 g/mol. The highest BCUT2D eigenvalue weighted by atomic mass is 16.7. The molecule has 4 aromatic rings. The molecule has 1 aromatic heterocycles. The molecule has 208 valence electrons. The summed E-state index contributed by atoms with van der Waals surface area (Å²) in [5, 5.41) is 3.25. The van der Waals surface area contributed by atoms with E-state index in [9.17, 15) is 19.2 Å². The topological polar surface area (TPSA) is 115 Å². The summed E-state index contributed by atoms with van der Waals surface area (Å²) in [6.45, 7) is 0.299. The second-order valence-corrected chi connectivity index (χ2v) is 10.5. The van der Waals surface area contributed by atoms with Crippen molar-refractivity contribution in [3.8, 4) is 11.1 Å². The van der Waals surface area contributed by atoms with Gasteiger partial charge in [0, 0.05) is 11.8 Å². The molecule has 42 heavy (non-hydrogen) atoms. The van der Waals surface area contributed by atoms with Gasteiger partial charge in [0.05, 0.1) is 34.6 Å². The van der Waals surface area contributed by atoms with Crippen molar-refractivity contribution in [3.05, 3.63) is 124 Å². The second-order valence-electron chi connectivity index (χ2n) is 10.5. The lowest BCUT2D eigenvalue weighted by Crippen LogP contribution is -2.33. The Kier molecular flexibility index (Phi) is 6.27. The third kappa shape index (κ3) is 4.49. The van der Waals surface area contributed by atoms with E-state index in [0.29, 0.717) is 16.5 Å². The summed E-state index contributed by atoms with van der Waals surface area (Å²) in [7, 11) is 0. The number of fused-ring (bicyclic) bond motifs is 4. The van der Waals surface area contributed by atoms with Crippen LogP contribution in [-0.2, 0) is 16.1 Å². The van der Waals surface area contributed by atoms with Crippen molar-refractivity contribution in [2.45, 2.75) is 31.2 Å². The molecule has 9 heteroatoms. The van der Waals surface area contributed by atoms with Crippen LogP contribution in [0.4, 0.5) is 4.79 Å². The summed E-state index contributed by atoms with van der Waals surface area (Å²) < 4.78 is 5.61. The summed E-state index contributed by atoms with van der Waals surface area (Å²) in [6.07, 6.45) is 1.13. The van der Waals surface area contributed by atoms with Gasteiger partial charge in [0.15, 0.2) is 0 Å². The minimum atomic E-state index is -0.838. The van der Waals surface area contributed by atoms with Crippen LogP contribution in [0.15, 0.2) is 84.9 Å². The van der Waals surface area contributed by atoms with E-state index in [1.807, 2.05) is 24.3 Å². The summed E-state index contributed by atoms with van der Waals surface area (Å²) in [5.41, 5.74) is 6.18. The van der Waals surface area contributed by atoms with Gasteiger partial charge in [-0.05, 0) is 59.4 Å². The lowest BCUT2D eigenvalue weighted by molar-refractivity contribution is -0.0585. The van der Waals surface area contributed by atoms with Crippen LogP contribution in [0.3, 0.4) is 0 Å².